The average Bonchev–Trinajstić information content (AvgIpc) is 2.56. The quantitative estimate of drug-likeness (QED) is 0.603. The van der Waals surface area contributed by atoms with Crippen LogP contribution in [0.2, 0.25) is 0 Å². The summed E-state index contributed by atoms with van der Waals surface area (Å²) >= 11 is 0. The number of amides is 1. The minimum absolute atomic E-state index is 0.101. The van der Waals surface area contributed by atoms with Gasteiger partial charge in [0.15, 0.2) is 0 Å². The van der Waals surface area contributed by atoms with Crippen molar-refractivity contribution in [3.63, 3.8) is 0 Å². The summed E-state index contributed by atoms with van der Waals surface area (Å²) in [5, 5.41) is 15.1. The molecule has 0 aromatic carbocycles. The Morgan fingerprint density at radius 1 is 1.24 bits per heavy atom. The van der Waals surface area contributed by atoms with Gasteiger partial charge in [0.05, 0.1) is 6.10 Å². The summed E-state index contributed by atoms with van der Waals surface area (Å²) in [7, 11) is 0. The van der Waals surface area contributed by atoms with E-state index in [0.717, 1.165) is 0 Å². The van der Waals surface area contributed by atoms with Gasteiger partial charge in [0.2, 0.25) is 5.91 Å². The first-order valence-electron chi connectivity index (χ1n) is 6.37. The third-order valence-corrected chi connectivity index (χ3v) is 4.32. The Balaban J connectivity index is 2.20. The SMILES string of the molecule is CC(O)CNCCNC(=O)C1C(C)(C)C1(C)C. The Labute approximate surface area is 104 Å². The van der Waals surface area contributed by atoms with Gasteiger partial charge in [-0.1, -0.05) is 27.7 Å². The molecule has 1 aliphatic rings. The van der Waals surface area contributed by atoms with E-state index in [-0.39, 0.29) is 28.8 Å². The van der Waals surface area contributed by atoms with Crippen molar-refractivity contribution in [2.24, 2.45) is 16.7 Å². The zero-order valence-electron chi connectivity index (χ0n) is 11.6. The molecule has 1 atom stereocenters. The van der Waals surface area contributed by atoms with E-state index in [1.807, 2.05) is 0 Å². The minimum atomic E-state index is -0.341. The van der Waals surface area contributed by atoms with E-state index >= 15 is 0 Å². The molecule has 0 heterocycles. The van der Waals surface area contributed by atoms with Gasteiger partial charge >= 0.3 is 0 Å². The fourth-order valence-electron chi connectivity index (χ4n) is 2.54. The van der Waals surface area contributed by atoms with Crippen LogP contribution in [0.25, 0.3) is 0 Å². The molecule has 4 nitrogen and oxygen atoms in total. The van der Waals surface area contributed by atoms with E-state index < -0.39 is 0 Å². The number of carbonyl (C=O) groups is 1. The number of nitrogens with one attached hydrogen (secondary N) is 2. The van der Waals surface area contributed by atoms with E-state index in [1.54, 1.807) is 6.92 Å². The molecule has 3 N–H and O–H groups in total. The van der Waals surface area contributed by atoms with Crippen LogP contribution in [0.3, 0.4) is 0 Å². The van der Waals surface area contributed by atoms with Gasteiger partial charge in [0.25, 0.3) is 0 Å². The van der Waals surface area contributed by atoms with Crippen molar-refractivity contribution in [3.8, 4) is 0 Å². The molecular formula is C13H26N2O2. The lowest BCUT2D eigenvalue weighted by Gasteiger charge is -2.08. The fourth-order valence-corrected chi connectivity index (χ4v) is 2.54. The molecule has 1 rings (SSSR count). The van der Waals surface area contributed by atoms with Gasteiger partial charge in [-0.3, -0.25) is 4.79 Å². The first kappa shape index (κ1) is 14.5. The molecule has 1 amide bonds. The molecule has 0 aliphatic heterocycles. The Morgan fingerprint density at radius 3 is 2.18 bits per heavy atom. The van der Waals surface area contributed by atoms with Crippen molar-refractivity contribution >= 4 is 5.91 Å². The summed E-state index contributed by atoms with van der Waals surface area (Å²) in [5.41, 5.74) is 0.203. The lowest BCUT2D eigenvalue weighted by Crippen LogP contribution is -2.36. The highest BCUT2D eigenvalue weighted by atomic mass is 16.3. The Morgan fingerprint density at radius 2 is 1.76 bits per heavy atom. The fraction of sp³-hybridized carbons (Fsp3) is 0.923. The molecule has 0 aromatic heterocycles. The third kappa shape index (κ3) is 2.99. The van der Waals surface area contributed by atoms with Crippen molar-refractivity contribution in [2.75, 3.05) is 19.6 Å². The van der Waals surface area contributed by atoms with Crippen molar-refractivity contribution in [2.45, 2.75) is 40.7 Å². The number of hydrogen-bond acceptors (Lipinski definition) is 3. The Hall–Kier alpha value is -0.610. The molecule has 100 valence electrons. The Kier molecular flexibility index (Phi) is 4.20. The van der Waals surface area contributed by atoms with Crippen LogP contribution in [0.1, 0.15) is 34.6 Å². The van der Waals surface area contributed by atoms with E-state index in [4.69, 9.17) is 5.11 Å². The summed E-state index contributed by atoms with van der Waals surface area (Å²) in [4.78, 5) is 11.9. The molecule has 1 fully saturated rings. The molecule has 0 radical (unpaired) electrons. The number of aliphatic hydroxyl groups excluding tert-OH is 1. The van der Waals surface area contributed by atoms with Crippen LogP contribution >= 0.6 is 0 Å². The maximum Gasteiger partial charge on any atom is 0.224 e. The van der Waals surface area contributed by atoms with Gasteiger partial charge in [-0.05, 0) is 17.8 Å². The van der Waals surface area contributed by atoms with Gasteiger partial charge in [-0.15, -0.1) is 0 Å². The highest BCUT2D eigenvalue weighted by Gasteiger charge is 2.68. The molecule has 1 unspecified atom stereocenters. The second kappa shape index (κ2) is 4.94. The standard InChI is InChI=1S/C13H26N2O2/c1-9(16)8-14-6-7-15-11(17)10-12(2,3)13(10,4)5/h9-10,14,16H,6-8H2,1-5H3,(H,15,17). The molecule has 17 heavy (non-hydrogen) atoms. The van der Waals surface area contributed by atoms with Gasteiger partial charge < -0.3 is 15.7 Å². The third-order valence-electron chi connectivity index (χ3n) is 4.32. The second-order valence-electron chi connectivity index (χ2n) is 6.22. The van der Waals surface area contributed by atoms with Crippen molar-refractivity contribution in [1.82, 2.24) is 10.6 Å². The zero-order chi connectivity index (χ0) is 13.3. The number of hydrogen-bond donors (Lipinski definition) is 3. The van der Waals surface area contributed by atoms with Crippen LogP contribution in [-0.4, -0.2) is 36.8 Å². The van der Waals surface area contributed by atoms with Crippen LogP contribution in [0.4, 0.5) is 0 Å². The van der Waals surface area contributed by atoms with E-state index in [1.165, 1.54) is 0 Å². The van der Waals surface area contributed by atoms with Gasteiger partial charge in [0, 0.05) is 25.6 Å². The summed E-state index contributed by atoms with van der Waals surface area (Å²) < 4.78 is 0. The van der Waals surface area contributed by atoms with Gasteiger partial charge in [-0.25, -0.2) is 0 Å². The number of carbonyl (C=O) groups excluding carboxylic acids is 1. The predicted molar refractivity (Wildman–Crippen MR) is 68.6 cm³/mol. The van der Waals surface area contributed by atoms with Crippen LogP contribution in [0, 0.1) is 16.7 Å². The Bertz CT molecular complexity index is 271. The highest BCUT2D eigenvalue weighted by Crippen LogP contribution is 2.68. The summed E-state index contributed by atoms with van der Waals surface area (Å²) in [6, 6.07) is 0. The molecule has 0 bridgehead atoms. The second-order valence-corrected chi connectivity index (χ2v) is 6.22. The lowest BCUT2D eigenvalue weighted by atomic mass is 10.0. The smallest absolute Gasteiger partial charge is 0.224 e. The summed E-state index contributed by atoms with van der Waals surface area (Å²) in [6.45, 7) is 12.2. The van der Waals surface area contributed by atoms with E-state index in [9.17, 15) is 4.79 Å². The van der Waals surface area contributed by atoms with Crippen LogP contribution in [0.15, 0.2) is 0 Å². The maximum absolute atomic E-state index is 11.9. The van der Waals surface area contributed by atoms with Crippen molar-refractivity contribution < 1.29 is 9.90 Å². The van der Waals surface area contributed by atoms with Crippen LogP contribution in [-0.2, 0) is 4.79 Å². The zero-order valence-corrected chi connectivity index (χ0v) is 11.6. The monoisotopic (exact) mass is 242 g/mol. The normalized spacial score (nSPS) is 23.2. The van der Waals surface area contributed by atoms with E-state index in [0.29, 0.717) is 19.6 Å². The molecule has 4 heteroatoms. The molecule has 1 saturated carbocycles. The lowest BCUT2D eigenvalue weighted by molar-refractivity contribution is -0.123. The molecule has 0 saturated heterocycles. The number of rotatable bonds is 6. The van der Waals surface area contributed by atoms with Crippen molar-refractivity contribution in [1.29, 1.82) is 0 Å². The number of aliphatic hydroxyl groups is 1. The highest BCUT2D eigenvalue weighted by molar-refractivity contribution is 5.84. The minimum Gasteiger partial charge on any atom is -0.392 e. The summed E-state index contributed by atoms with van der Waals surface area (Å²) in [6.07, 6.45) is -0.341. The average molecular weight is 242 g/mol. The van der Waals surface area contributed by atoms with E-state index in [2.05, 4.69) is 38.3 Å². The predicted octanol–water partition coefficient (Wildman–Crippen LogP) is 0.755. The molecular weight excluding hydrogens is 216 g/mol. The molecule has 0 spiro atoms. The largest absolute Gasteiger partial charge is 0.392 e. The first-order chi connectivity index (χ1) is 7.71. The topological polar surface area (TPSA) is 61.4 Å². The maximum atomic E-state index is 11.9. The first-order valence-corrected chi connectivity index (χ1v) is 6.37. The summed E-state index contributed by atoms with van der Waals surface area (Å²) in [5.74, 6) is 0.269. The van der Waals surface area contributed by atoms with Crippen LogP contribution < -0.4 is 10.6 Å². The van der Waals surface area contributed by atoms with Gasteiger partial charge in [-0.2, -0.15) is 0 Å². The van der Waals surface area contributed by atoms with Crippen LogP contribution in [0.5, 0.6) is 0 Å². The molecule has 0 aromatic rings. The van der Waals surface area contributed by atoms with Crippen molar-refractivity contribution in [3.05, 3.63) is 0 Å². The molecule has 1 aliphatic carbocycles. The van der Waals surface area contributed by atoms with Gasteiger partial charge in [0.1, 0.15) is 0 Å².